The topological polar surface area (TPSA) is 47.7 Å². The normalized spacial score (nSPS) is 26.1. The zero-order chi connectivity index (χ0) is 14.7. The van der Waals surface area contributed by atoms with Crippen LogP contribution in [0.3, 0.4) is 0 Å². The van der Waals surface area contributed by atoms with Crippen LogP contribution in [-0.4, -0.2) is 39.0 Å². The molecule has 0 bridgehead atoms. The third-order valence-electron chi connectivity index (χ3n) is 4.48. The quantitative estimate of drug-likeness (QED) is 0.924. The summed E-state index contributed by atoms with van der Waals surface area (Å²) in [5.41, 5.74) is 8.53. The molecule has 2 heterocycles. The van der Waals surface area contributed by atoms with E-state index in [1.165, 1.54) is 17.7 Å². The van der Waals surface area contributed by atoms with Crippen LogP contribution in [0.5, 0.6) is 5.75 Å². The van der Waals surface area contributed by atoms with E-state index in [9.17, 15) is 0 Å². The number of benzene rings is 1. The Balaban J connectivity index is 1.61. The van der Waals surface area contributed by atoms with Crippen molar-refractivity contribution in [2.45, 2.75) is 32.2 Å². The minimum absolute atomic E-state index is 0.303. The van der Waals surface area contributed by atoms with Gasteiger partial charge in [-0.1, -0.05) is 0 Å². The maximum atomic E-state index is 6.07. The third-order valence-corrected chi connectivity index (χ3v) is 4.48. The lowest BCUT2D eigenvalue weighted by Gasteiger charge is -2.33. The standard InChI is InChI=1S/C17H26N2O2/c1-13-9-16(19-7-2-3-15(18)10-19)4-5-17(13)21-12-14-6-8-20-11-14/h4-5,9,14-15H,2-3,6-8,10-12,18H2,1H3. The molecule has 2 atom stereocenters. The van der Waals surface area contributed by atoms with Crippen molar-refractivity contribution in [3.05, 3.63) is 23.8 Å². The lowest BCUT2D eigenvalue weighted by molar-refractivity contribution is 0.167. The van der Waals surface area contributed by atoms with Crippen LogP contribution >= 0.6 is 0 Å². The Hall–Kier alpha value is -1.26. The van der Waals surface area contributed by atoms with Crippen LogP contribution in [0, 0.1) is 12.8 Å². The zero-order valence-corrected chi connectivity index (χ0v) is 12.9. The molecule has 1 aromatic carbocycles. The fraction of sp³-hybridized carbons (Fsp3) is 0.647. The zero-order valence-electron chi connectivity index (χ0n) is 12.9. The van der Waals surface area contributed by atoms with E-state index < -0.39 is 0 Å². The number of hydrogen-bond acceptors (Lipinski definition) is 4. The summed E-state index contributed by atoms with van der Waals surface area (Å²) in [4.78, 5) is 2.38. The first kappa shape index (κ1) is 14.7. The van der Waals surface area contributed by atoms with E-state index in [0.29, 0.717) is 12.0 Å². The number of ether oxygens (including phenoxy) is 2. The van der Waals surface area contributed by atoms with Gasteiger partial charge in [-0.3, -0.25) is 0 Å². The summed E-state index contributed by atoms with van der Waals surface area (Å²) >= 11 is 0. The second-order valence-electron chi connectivity index (χ2n) is 6.34. The summed E-state index contributed by atoms with van der Waals surface area (Å²) in [6.07, 6.45) is 3.43. The Kier molecular flexibility index (Phi) is 4.66. The Morgan fingerprint density at radius 2 is 2.29 bits per heavy atom. The number of nitrogens with zero attached hydrogens (tertiary/aromatic N) is 1. The van der Waals surface area contributed by atoms with Gasteiger partial charge in [-0.25, -0.2) is 0 Å². The molecule has 116 valence electrons. The highest BCUT2D eigenvalue weighted by molar-refractivity contribution is 5.53. The SMILES string of the molecule is Cc1cc(N2CCCC(N)C2)ccc1OCC1CCOC1. The number of nitrogens with two attached hydrogens (primary N) is 1. The van der Waals surface area contributed by atoms with Gasteiger partial charge in [-0.15, -0.1) is 0 Å². The number of anilines is 1. The van der Waals surface area contributed by atoms with E-state index in [2.05, 4.69) is 30.0 Å². The largest absolute Gasteiger partial charge is 0.493 e. The van der Waals surface area contributed by atoms with Gasteiger partial charge < -0.3 is 20.1 Å². The summed E-state index contributed by atoms with van der Waals surface area (Å²) in [6.45, 7) is 6.65. The van der Waals surface area contributed by atoms with Crippen molar-refractivity contribution in [3.63, 3.8) is 0 Å². The van der Waals surface area contributed by atoms with Gasteiger partial charge in [0.15, 0.2) is 0 Å². The summed E-state index contributed by atoms with van der Waals surface area (Å²) in [7, 11) is 0. The predicted octanol–water partition coefficient (Wildman–Crippen LogP) is 2.34. The molecule has 0 aromatic heterocycles. The monoisotopic (exact) mass is 290 g/mol. The van der Waals surface area contributed by atoms with E-state index in [0.717, 1.165) is 51.5 Å². The van der Waals surface area contributed by atoms with Crippen molar-refractivity contribution in [3.8, 4) is 5.75 Å². The highest BCUT2D eigenvalue weighted by atomic mass is 16.5. The van der Waals surface area contributed by atoms with Crippen molar-refractivity contribution in [2.75, 3.05) is 37.8 Å². The number of hydrogen-bond donors (Lipinski definition) is 1. The number of piperidine rings is 1. The summed E-state index contributed by atoms with van der Waals surface area (Å²) < 4.78 is 11.3. The molecule has 2 aliphatic heterocycles. The van der Waals surface area contributed by atoms with E-state index in [1.807, 2.05) is 0 Å². The van der Waals surface area contributed by atoms with Crippen LogP contribution in [0.4, 0.5) is 5.69 Å². The highest BCUT2D eigenvalue weighted by Gasteiger charge is 2.19. The molecule has 4 heteroatoms. The maximum absolute atomic E-state index is 6.07. The van der Waals surface area contributed by atoms with Crippen LogP contribution in [0.15, 0.2) is 18.2 Å². The van der Waals surface area contributed by atoms with Gasteiger partial charge in [0.25, 0.3) is 0 Å². The molecule has 0 saturated carbocycles. The molecule has 1 aromatic rings. The fourth-order valence-electron chi connectivity index (χ4n) is 3.16. The Bertz CT molecular complexity index is 472. The fourth-order valence-corrected chi connectivity index (χ4v) is 3.16. The van der Waals surface area contributed by atoms with Crippen molar-refractivity contribution < 1.29 is 9.47 Å². The molecular weight excluding hydrogens is 264 g/mol. The predicted molar refractivity (Wildman–Crippen MR) is 85.0 cm³/mol. The van der Waals surface area contributed by atoms with E-state index in [-0.39, 0.29) is 0 Å². The van der Waals surface area contributed by atoms with Crippen molar-refractivity contribution in [1.29, 1.82) is 0 Å². The molecule has 0 amide bonds. The van der Waals surface area contributed by atoms with Gasteiger partial charge in [0.1, 0.15) is 5.75 Å². The van der Waals surface area contributed by atoms with Gasteiger partial charge in [0.2, 0.25) is 0 Å². The summed E-state index contributed by atoms with van der Waals surface area (Å²) in [5, 5.41) is 0. The molecule has 21 heavy (non-hydrogen) atoms. The van der Waals surface area contributed by atoms with Crippen molar-refractivity contribution >= 4 is 5.69 Å². The lowest BCUT2D eigenvalue weighted by atomic mass is 10.1. The van der Waals surface area contributed by atoms with Gasteiger partial charge in [0, 0.05) is 37.3 Å². The van der Waals surface area contributed by atoms with Crippen LogP contribution in [-0.2, 0) is 4.74 Å². The number of rotatable bonds is 4. The molecule has 2 fully saturated rings. The second-order valence-corrected chi connectivity index (χ2v) is 6.34. The van der Waals surface area contributed by atoms with Crippen molar-refractivity contribution in [1.82, 2.24) is 0 Å². The molecule has 0 radical (unpaired) electrons. The van der Waals surface area contributed by atoms with Crippen LogP contribution < -0.4 is 15.4 Å². The van der Waals surface area contributed by atoms with E-state index >= 15 is 0 Å². The average Bonchev–Trinajstić information content (AvgIpc) is 2.99. The maximum Gasteiger partial charge on any atom is 0.122 e. The van der Waals surface area contributed by atoms with Crippen LogP contribution in [0.2, 0.25) is 0 Å². The van der Waals surface area contributed by atoms with Gasteiger partial charge >= 0.3 is 0 Å². The van der Waals surface area contributed by atoms with Crippen molar-refractivity contribution in [2.24, 2.45) is 11.7 Å². The molecule has 2 N–H and O–H groups in total. The molecule has 0 spiro atoms. The minimum Gasteiger partial charge on any atom is -0.493 e. The van der Waals surface area contributed by atoms with Gasteiger partial charge in [0.05, 0.1) is 13.2 Å². The highest BCUT2D eigenvalue weighted by Crippen LogP contribution is 2.27. The molecule has 2 aliphatic rings. The first-order valence-corrected chi connectivity index (χ1v) is 8.04. The molecular formula is C17H26N2O2. The first-order valence-electron chi connectivity index (χ1n) is 8.04. The Labute approximate surface area is 127 Å². The average molecular weight is 290 g/mol. The molecule has 2 unspecified atom stereocenters. The second kappa shape index (κ2) is 6.67. The summed E-state index contributed by atoms with van der Waals surface area (Å²) in [6, 6.07) is 6.78. The first-order chi connectivity index (χ1) is 10.2. The molecule has 2 saturated heterocycles. The van der Waals surface area contributed by atoms with Crippen LogP contribution in [0.25, 0.3) is 0 Å². The molecule has 4 nitrogen and oxygen atoms in total. The van der Waals surface area contributed by atoms with E-state index in [1.54, 1.807) is 0 Å². The third kappa shape index (κ3) is 3.69. The Morgan fingerprint density at radius 3 is 3.00 bits per heavy atom. The Morgan fingerprint density at radius 1 is 1.38 bits per heavy atom. The molecule has 0 aliphatic carbocycles. The number of aryl methyl sites for hydroxylation is 1. The smallest absolute Gasteiger partial charge is 0.122 e. The molecule has 3 rings (SSSR count). The van der Waals surface area contributed by atoms with Gasteiger partial charge in [-0.2, -0.15) is 0 Å². The minimum atomic E-state index is 0.303. The summed E-state index contributed by atoms with van der Waals surface area (Å²) in [5.74, 6) is 1.54. The van der Waals surface area contributed by atoms with Gasteiger partial charge in [-0.05, 0) is 49.9 Å². The van der Waals surface area contributed by atoms with Crippen LogP contribution in [0.1, 0.15) is 24.8 Å². The van der Waals surface area contributed by atoms with E-state index in [4.69, 9.17) is 15.2 Å². The lowest BCUT2D eigenvalue weighted by Crippen LogP contribution is -2.42.